The molecule has 24 heavy (non-hydrogen) atoms. The smallest absolute Gasteiger partial charge is 0.246 e. The van der Waals surface area contributed by atoms with Gasteiger partial charge < -0.3 is 15.5 Å². The van der Waals surface area contributed by atoms with Crippen molar-refractivity contribution in [2.24, 2.45) is 5.73 Å². The van der Waals surface area contributed by atoms with E-state index >= 15 is 0 Å². The summed E-state index contributed by atoms with van der Waals surface area (Å²) < 4.78 is 4.94. The van der Waals surface area contributed by atoms with Crippen molar-refractivity contribution in [1.29, 1.82) is 0 Å². The van der Waals surface area contributed by atoms with Gasteiger partial charge >= 0.3 is 0 Å². The Balaban J connectivity index is 0.000000135. The highest BCUT2D eigenvalue weighted by molar-refractivity contribution is 6.30. The number of hydrogen-bond acceptors (Lipinski definition) is 3. The lowest BCUT2D eigenvalue weighted by Gasteiger charge is -2.05. The lowest BCUT2D eigenvalue weighted by Crippen LogP contribution is -2.27. The summed E-state index contributed by atoms with van der Waals surface area (Å²) in [7, 11) is 0. The van der Waals surface area contributed by atoms with Gasteiger partial charge in [-0.1, -0.05) is 50.1 Å². The van der Waals surface area contributed by atoms with E-state index in [2.05, 4.69) is 9.97 Å². The van der Waals surface area contributed by atoms with E-state index in [9.17, 15) is 4.79 Å². The van der Waals surface area contributed by atoms with E-state index in [0.29, 0.717) is 11.8 Å². The van der Waals surface area contributed by atoms with Crippen LogP contribution in [0.2, 0.25) is 5.15 Å². The third kappa shape index (κ3) is 6.49. The topological polar surface area (TPSA) is 81.0 Å². The Bertz CT molecular complexity index is 608. The number of rotatable bonds is 1. The number of primary amides is 1. The molecule has 2 fully saturated rings. The third-order valence-corrected chi connectivity index (χ3v) is 4.36. The molecule has 3 N–H and O–H groups in total. The molecule has 0 aromatic carbocycles. The van der Waals surface area contributed by atoms with Crippen molar-refractivity contribution in [3.63, 3.8) is 0 Å². The lowest BCUT2D eigenvalue weighted by atomic mass is 10.0. The zero-order chi connectivity index (χ0) is 17.2. The number of nitrogens with one attached hydrogen (secondary N) is 1. The summed E-state index contributed by atoms with van der Waals surface area (Å²) in [4.78, 5) is 17.2. The SMILES string of the molecule is C1CCCCC1.Clc1cc2cc[nH]c2cn1.NC(=O)[C@@H]1CCCO1. The number of carbonyl (C=O) groups excluding carboxylic acids is 1. The maximum atomic E-state index is 10.3. The number of ether oxygens (including phenoxy) is 1. The van der Waals surface area contributed by atoms with Gasteiger partial charge in [-0.15, -0.1) is 0 Å². The quantitative estimate of drug-likeness (QED) is 0.755. The molecule has 4 rings (SSSR count). The molecule has 2 aromatic rings. The summed E-state index contributed by atoms with van der Waals surface area (Å²) >= 11 is 5.65. The molecule has 3 heterocycles. The molecular weight excluding hydrogens is 326 g/mol. The number of hydrogen-bond donors (Lipinski definition) is 2. The number of carbonyl (C=O) groups is 1. The van der Waals surface area contributed by atoms with Crippen LogP contribution in [0.5, 0.6) is 0 Å². The standard InChI is InChI=1S/C7H5ClN2.C6H12.C5H9NO2/c8-7-3-5-1-2-9-6(5)4-10-7;1-2-4-6-5-3-1;6-5(7)4-2-1-3-8-4/h1-4,9H;1-6H2;4H,1-3H2,(H2,6,7)/t;;4-/m..0/s1. The molecule has 0 unspecified atom stereocenters. The average molecular weight is 352 g/mol. The van der Waals surface area contributed by atoms with E-state index in [1.807, 2.05) is 18.3 Å². The first kappa shape index (κ1) is 18.7. The predicted octanol–water partition coefficient (Wildman–Crippen LogP) is 4.21. The van der Waals surface area contributed by atoms with E-state index in [1.165, 1.54) is 38.5 Å². The molecule has 1 aliphatic heterocycles. The van der Waals surface area contributed by atoms with E-state index < -0.39 is 0 Å². The lowest BCUT2D eigenvalue weighted by molar-refractivity contribution is -0.126. The van der Waals surface area contributed by atoms with E-state index in [-0.39, 0.29) is 12.0 Å². The first-order chi connectivity index (χ1) is 11.7. The summed E-state index contributed by atoms with van der Waals surface area (Å²) in [6.45, 7) is 0.688. The molecule has 1 aliphatic carbocycles. The number of halogens is 1. The Labute approximate surface area is 147 Å². The molecule has 1 amide bonds. The van der Waals surface area contributed by atoms with Gasteiger partial charge in [-0.2, -0.15) is 0 Å². The van der Waals surface area contributed by atoms with Crippen LogP contribution < -0.4 is 5.73 Å². The second-order valence-corrected chi connectivity index (χ2v) is 6.48. The normalized spacial score (nSPS) is 19.8. The van der Waals surface area contributed by atoms with Gasteiger partial charge in [0, 0.05) is 18.2 Å². The zero-order valence-electron chi connectivity index (χ0n) is 14.0. The monoisotopic (exact) mass is 351 g/mol. The van der Waals surface area contributed by atoms with Crippen molar-refractivity contribution >= 4 is 28.4 Å². The van der Waals surface area contributed by atoms with Crippen molar-refractivity contribution in [3.8, 4) is 0 Å². The number of nitrogens with zero attached hydrogens (tertiary/aromatic N) is 1. The Morgan fingerprint density at radius 3 is 2.38 bits per heavy atom. The fourth-order valence-electron chi connectivity index (χ4n) is 2.79. The van der Waals surface area contributed by atoms with Gasteiger partial charge in [0.2, 0.25) is 5.91 Å². The van der Waals surface area contributed by atoms with Crippen LogP contribution in [0.3, 0.4) is 0 Å². The minimum Gasteiger partial charge on any atom is -0.368 e. The molecule has 1 saturated carbocycles. The molecule has 0 bridgehead atoms. The number of pyridine rings is 1. The Hall–Kier alpha value is -1.59. The van der Waals surface area contributed by atoms with E-state index in [0.717, 1.165) is 23.7 Å². The van der Waals surface area contributed by atoms with Gasteiger partial charge in [-0.05, 0) is 25.0 Å². The Morgan fingerprint density at radius 1 is 1.21 bits per heavy atom. The minimum atomic E-state index is -0.331. The second-order valence-electron chi connectivity index (χ2n) is 6.10. The molecule has 5 nitrogen and oxygen atoms in total. The molecule has 6 heteroatoms. The fraction of sp³-hybridized carbons (Fsp3) is 0.556. The van der Waals surface area contributed by atoms with E-state index in [1.54, 1.807) is 6.20 Å². The predicted molar refractivity (Wildman–Crippen MR) is 97.0 cm³/mol. The van der Waals surface area contributed by atoms with Crippen LogP contribution in [0, 0.1) is 0 Å². The van der Waals surface area contributed by atoms with Crippen molar-refractivity contribution in [1.82, 2.24) is 9.97 Å². The summed E-state index contributed by atoms with van der Waals surface area (Å²) in [5.41, 5.74) is 5.95. The van der Waals surface area contributed by atoms with Gasteiger partial charge in [0.25, 0.3) is 0 Å². The average Bonchev–Trinajstić information content (AvgIpc) is 3.29. The highest BCUT2D eigenvalue weighted by atomic mass is 35.5. The maximum absolute atomic E-state index is 10.3. The third-order valence-electron chi connectivity index (χ3n) is 4.15. The summed E-state index contributed by atoms with van der Waals surface area (Å²) in [5, 5.41) is 1.63. The first-order valence-corrected chi connectivity index (χ1v) is 9.04. The van der Waals surface area contributed by atoms with Crippen LogP contribution in [-0.2, 0) is 9.53 Å². The van der Waals surface area contributed by atoms with Gasteiger partial charge in [0.15, 0.2) is 0 Å². The molecular formula is C18H26ClN3O2. The van der Waals surface area contributed by atoms with Crippen molar-refractivity contribution in [2.75, 3.05) is 6.61 Å². The largest absolute Gasteiger partial charge is 0.368 e. The molecule has 0 spiro atoms. The van der Waals surface area contributed by atoms with Crippen LogP contribution in [0.25, 0.3) is 10.9 Å². The van der Waals surface area contributed by atoms with Crippen LogP contribution >= 0.6 is 11.6 Å². The first-order valence-electron chi connectivity index (χ1n) is 8.66. The molecule has 1 saturated heterocycles. The number of nitrogens with two attached hydrogens (primary N) is 1. The van der Waals surface area contributed by atoms with Crippen molar-refractivity contribution < 1.29 is 9.53 Å². The number of aromatic nitrogens is 2. The minimum absolute atomic E-state index is 0.296. The number of amides is 1. The molecule has 2 aromatic heterocycles. The van der Waals surface area contributed by atoms with Gasteiger partial charge in [-0.25, -0.2) is 4.98 Å². The summed E-state index contributed by atoms with van der Waals surface area (Å²) in [6, 6.07) is 3.79. The number of aromatic amines is 1. The number of fused-ring (bicyclic) bond motifs is 1. The molecule has 0 radical (unpaired) electrons. The fourth-order valence-corrected chi connectivity index (χ4v) is 2.95. The van der Waals surface area contributed by atoms with E-state index in [4.69, 9.17) is 22.1 Å². The van der Waals surface area contributed by atoms with Crippen LogP contribution in [0.15, 0.2) is 24.5 Å². The van der Waals surface area contributed by atoms with Crippen LogP contribution in [0.4, 0.5) is 0 Å². The Kier molecular flexibility index (Phi) is 8.05. The van der Waals surface area contributed by atoms with Crippen LogP contribution in [-0.4, -0.2) is 28.6 Å². The Morgan fingerprint density at radius 2 is 1.88 bits per heavy atom. The maximum Gasteiger partial charge on any atom is 0.246 e. The second kappa shape index (κ2) is 10.3. The zero-order valence-corrected chi connectivity index (χ0v) is 14.7. The highest BCUT2D eigenvalue weighted by Gasteiger charge is 2.19. The summed E-state index contributed by atoms with van der Waals surface area (Å²) in [5.74, 6) is -0.331. The van der Waals surface area contributed by atoms with Crippen molar-refractivity contribution in [3.05, 3.63) is 29.7 Å². The molecule has 1 atom stereocenters. The molecule has 132 valence electrons. The van der Waals surface area contributed by atoms with Gasteiger partial charge in [-0.3, -0.25) is 4.79 Å². The summed E-state index contributed by atoms with van der Waals surface area (Å²) in [6.07, 6.45) is 14.1. The number of H-pyrrole nitrogens is 1. The highest BCUT2D eigenvalue weighted by Crippen LogP contribution is 2.15. The van der Waals surface area contributed by atoms with Gasteiger partial charge in [0.1, 0.15) is 11.3 Å². The van der Waals surface area contributed by atoms with Crippen LogP contribution in [0.1, 0.15) is 51.4 Å². The van der Waals surface area contributed by atoms with Gasteiger partial charge in [0.05, 0.1) is 11.7 Å². The molecule has 2 aliphatic rings. The van der Waals surface area contributed by atoms with Crippen molar-refractivity contribution in [2.45, 2.75) is 57.5 Å².